The first-order valence-corrected chi connectivity index (χ1v) is 7.32. The van der Waals surface area contributed by atoms with Gasteiger partial charge in [-0.25, -0.2) is 0 Å². The van der Waals surface area contributed by atoms with Crippen molar-refractivity contribution in [3.8, 4) is 0 Å². The molecule has 7 heteroatoms. The Morgan fingerprint density at radius 1 is 1.29 bits per heavy atom. The fraction of sp³-hybridized carbons (Fsp3) is 0.429. The summed E-state index contributed by atoms with van der Waals surface area (Å²) in [6, 6.07) is 7.77. The lowest BCUT2D eigenvalue weighted by Gasteiger charge is -2.33. The topological polar surface area (TPSA) is 79.9 Å². The van der Waals surface area contributed by atoms with Crippen molar-refractivity contribution in [1.29, 1.82) is 0 Å². The lowest BCUT2D eigenvalue weighted by atomic mass is 10.2. The van der Waals surface area contributed by atoms with Crippen LogP contribution in [0.1, 0.15) is 0 Å². The van der Waals surface area contributed by atoms with E-state index in [1.807, 2.05) is 24.3 Å². The van der Waals surface area contributed by atoms with Gasteiger partial charge in [0.1, 0.15) is 0 Å². The monoisotopic (exact) mass is 311 g/mol. The molecule has 1 aromatic carbocycles. The van der Waals surface area contributed by atoms with Crippen molar-refractivity contribution in [2.45, 2.75) is 0 Å². The Balaban J connectivity index is 1.79. The molecule has 1 aromatic rings. The van der Waals surface area contributed by atoms with Crippen LogP contribution in [0.4, 0.5) is 5.69 Å². The molecule has 0 saturated carbocycles. The SMILES string of the molecule is NC(=O)CNC(=O)C[NH+]1CCN(c2ccccc2Cl)CC1. The number of para-hydroxylation sites is 1. The van der Waals surface area contributed by atoms with E-state index in [9.17, 15) is 9.59 Å². The highest BCUT2D eigenvalue weighted by Crippen LogP contribution is 2.24. The summed E-state index contributed by atoms with van der Waals surface area (Å²) in [4.78, 5) is 25.7. The van der Waals surface area contributed by atoms with Crippen molar-refractivity contribution in [3.63, 3.8) is 0 Å². The Morgan fingerprint density at radius 2 is 1.95 bits per heavy atom. The van der Waals surface area contributed by atoms with Crippen LogP contribution in [0.3, 0.4) is 0 Å². The minimum atomic E-state index is -0.526. The highest BCUT2D eigenvalue weighted by Gasteiger charge is 2.23. The van der Waals surface area contributed by atoms with Crippen molar-refractivity contribution >= 4 is 29.1 Å². The second kappa shape index (κ2) is 7.28. The van der Waals surface area contributed by atoms with Crippen LogP contribution in [0.25, 0.3) is 0 Å². The molecule has 1 aliphatic rings. The second-order valence-corrected chi connectivity index (χ2v) is 5.52. The van der Waals surface area contributed by atoms with Gasteiger partial charge in [0, 0.05) is 0 Å². The Morgan fingerprint density at radius 3 is 2.57 bits per heavy atom. The van der Waals surface area contributed by atoms with E-state index in [0.717, 1.165) is 36.9 Å². The number of carbonyl (C=O) groups is 2. The lowest BCUT2D eigenvalue weighted by molar-refractivity contribution is -0.892. The number of hydrogen-bond acceptors (Lipinski definition) is 3. The number of carbonyl (C=O) groups excluding carboxylic acids is 2. The van der Waals surface area contributed by atoms with Gasteiger partial charge in [0.15, 0.2) is 6.54 Å². The molecular formula is C14H20ClN4O2+. The van der Waals surface area contributed by atoms with E-state index in [2.05, 4.69) is 10.2 Å². The highest BCUT2D eigenvalue weighted by atomic mass is 35.5. The molecule has 6 nitrogen and oxygen atoms in total. The van der Waals surface area contributed by atoms with Crippen LogP contribution in [0, 0.1) is 0 Å². The smallest absolute Gasteiger partial charge is 0.275 e. The van der Waals surface area contributed by atoms with Gasteiger partial charge in [-0.2, -0.15) is 0 Å². The third-order valence-corrected chi connectivity index (χ3v) is 3.85. The number of nitrogens with two attached hydrogens (primary N) is 1. The van der Waals surface area contributed by atoms with Crippen LogP contribution in [0.2, 0.25) is 5.02 Å². The summed E-state index contributed by atoms with van der Waals surface area (Å²) in [5.41, 5.74) is 6.03. The molecule has 0 aliphatic carbocycles. The van der Waals surface area contributed by atoms with E-state index >= 15 is 0 Å². The standard InChI is InChI=1S/C14H19ClN4O2/c15-11-3-1-2-4-12(11)19-7-5-18(6-8-19)10-14(21)17-9-13(16)20/h1-4H,5-10H2,(H2,16,20)(H,17,21)/p+1. The van der Waals surface area contributed by atoms with Gasteiger partial charge in [0.25, 0.3) is 5.91 Å². The van der Waals surface area contributed by atoms with E-state index in [4.69, 9.17) is 17.3 Å². The zero-order valence-electron chi connectivity index (χ0n) is 11.8. The quantitative estimate of drug-likeness (QED) is 0.629. The summed E-state index contributed by atoms with van der Waals surface area (Å²) >= 11 is 6.19. The number of rotatable bonds is 5. The van der Waals surface area contributed by atoms with Crippen LogP contribution < -0.4 is 20.9 Å². The molecule has 1 aliphatic heterocycles. The number of benzene rings is 1. The molecule has 0 radical (unpaired) electrons. The van der Waals surface area contributed by atoms with Gasteiger partial charge in [-0.1, -0.05) is 23.7 Å². The average Bonchev–Trinajstić information content (AvgIpc) is 2.47. The first-order valence-electron chi connectivity index (χ1n) is 6.94. The summed E-state index contributed by atoms with van der Waals surface area (Å²) in [5.74, 6) is -0.670. The number of quaternary nitrogens is 1. The molecule has 0 aromatic heterocycles. The Hall–Kier alpha value is -1.79. The fourth-order valence-corrected chi connectivity index (χ4v) is 2.68. The van der Waals surface area contributed by atoms with Crippen molar-refractivity contribution in [2.24, 2.45) is 5.73 Å². The van der Waals surface area contributed by atoms with E-state index in [-0.39, 0.29) is 12.5 Å². The van der Waals surface area contributed by atoms with Gasteiger partial charge >= 0.3 is 0 Å². The molecule has 2 amide bonds. The van der Waals surface area contributed by atoms with E-state index in [1.165, 1.54) is 4.90 Å². The number of nitrogens with zero attached hydrogens (tertiary/aromatic N) is 1. The molecule has 0 unspecified atom stereocenters. The molecule has 1 heterocycles. The number of halogens is 1. The van der Waals surface area contributed by atoms with Gasteiger partial charge < -0.3 is 20.9 Å². The zero-order chi connectivity index (χ0) is 15.2. The van der Waals surface area contributed by atoms with Crippen LogP contribution in [0.15, 0.2) is 24.3 Å². The normalized spacial score (nSPS) is 15.8. The molecule has 114 valence electrons. The first-order chi connectivity index (χ1) is 10.1. The number of primary amides is 1. The number of hydrogen-bond donors (Lipinski definition) is 3. The average molecular weight is 312 g/mol. The molecule has 21 heavy (non-hydrogen) atoms. The summed E-state index contributed by atoms with van der Waals surface area (Å²) in [5, 5.41) is 3.26. The predicted molar refractivity (Wildman–Crippen MR) is 81.4 cm³/mol. The van der Waals surface area contributed by atoms with Gasteiger partial charge in [-0.15, -0.1) is 0 Å². The Kier molecular flexibility index (Phi) is 5.41. The minimum absolute atomic E-state index is 0.0993. The molecule has 0 spiro atoms. The summed E-state index contributed by atoms with van der Waals surface area (Å²) in [6.07, 6.45) is 0. The van der Waals surface area contributed by atoms with Gasteiger partial charge in [0.05, 0.1) is 43.4 Å². The van der Waals surface area contributed by atoms with E-state index in [0.29, 0.717) is 6.54 Å². The van der Waals surface area contributed by atoms with Crippen LogP contribution >= 0.6 is 11.6 Å². The maximum Gasteiger partial charge on any atom is 0.275 e. The maximum absolute atomic E-state index is 11.6. The molecule has 0 bridgehead atoms. The number of piperazine rings is 1. The minimum Gasteiger partial charge on any atom is -0.368 e. The molecular weight excluding hydrogens is 292 g/mol. The number of anilines is 1. The van der Waals surface area contributed by atoms with Crippen molar-refractivity contribution in [2.75, 3.05) is 44.2 Å². The van der Waals surface area contributed by atoms with Crippen LogP contribution in [-0.2, 0) is 9.59 Å². The zero-order valence-corrected chi connectivity index (χ0v) is 12.5. The van der Waals surface area contributed by atoms with Crippen LogP contribution in [-0.4, -0.2) is 51.1 Å². The lowest BCUT2D eigenvalue weighted by Crippen LogP contribution is -3.16. The molecule has 4 N–H and O–H groups in total. The summed E-state index contributed by atoms with van der Waals surface area (Å²) in [6.45, 7) is 3.68. The fourth-order valence-electron chi connectivity index (χ4n) is 2.42. The largest absolute Gasteiger partial charge is 0.368 e. The Bertz CT molecular complexity index is 515. The van der Waals surface area contributed by atoms with Crippen molar-refractivity contribution in [1.82, 2.24) is 5.32 Å². The number of amides is 2. The maximum atomic E-state index is 11.6. The van der Waals surface area contributed by atoms with Crippen molar-refractivity contribution in [3.05, 3.63) is 29.3 Å². The second-order valence-electron chi connectivity index (χ2n) is 5.11. The van der Waals surface area contributed by atoms with E-state index < -0.39 is 5.91 Å². The highest BCUT2D eigenvalue weighted by molar-refractivity contribution is 6.33. The van der Waals surface area contributed by atoms with Crippen LogP contribution in [0.5, 0.6) is 0 Å². The third-order valence-electron chi connectivity index (χ3n) is 3.53. The number of nitrogens with one attached hydrogen (secondary N) is 2. The Labute approximate surface area is 128 Å². The molecule has 1 saturated heterocycles. The third kappa shape index (κ3) is 4.61. The summed E-state index contributed by atoms with van der Waals surface area (Å²) < 4.78 is 0. The summed E-state index contributed by atoms with van der Waals surface area (Å²) in [7, 11) is 0. The molecule has 0 atom stereocenters. The van der Waals surface area contributed by atoms with E-state index in [1.54, 1.807) is 0 Å². The first kappa shape index (κ1) is 15.6. The van der Waals surface area contributed by atoms with Gasteiger partial charge in [0.2, 0.25) is 5.91 Å². The van der Waals surface area contributed by atoms with Gasteiger partial charge in [-0.3, -0.25) is 9.59 Å². The molecule has 2 rings (SSSR count). The predicted octanol–water partition coefficient (Wildman–Crippen LogP) is -1.35. The molecule has 1 fully saturated rings. The van der Waals surface area contributed by atoms with Crippen molar-refractivity contribution < 1.29 is 14.5 Å². The van der Waals surface area contributed by atoms with Gasteiger partial charge in [-0.05, 0) is 12.1 Å².